The Morgan fingerprint density at radius 1 is 1.12 bits per heavy atom. The Labute approximate surface area is 254 Å². The topological polar surface area (TPSA) is 87.7 Å². The molecule has 224 valence electrons. The molecule has 0 aliphatic rings. The zero-order valence-corrected chi connectivity index (χ0v) is 27.0. The molecule has 3 amide bonds. The second-order valence-electron chi connectivity index (χ2n) is 11.6. The van der Waals surface area contributed by atoms with E-state index < -0.39 is 35.2 Å². The molecule has 2 unspecified atom stereocenters. The van der Waals surface area contributed by atoms with Gasteiger partial charge in [-0.05, 0) is 95.2 Å². The molecule has 0 radical (unpaired) electrons. The lowest BCUT2D eigenvalue weighted by molar-refractivity contribution is -0.147. The normalized spacial score (nSPS) is 13.1. The van der Waals surface area contributed by atoms with E-state index in [1.165, 1.54) is 0 Å². The van der Waals surface area contributed by atoms with Gasteiger partial charge in [-0.2, -0.15) is 11.8 Å². The maximum atomic E-state index is 14.5. The quantitative estimate of drug-likeness (QED) is 0.261. The first kappa shape index (κ1) is 34.2. The van der Waals surface area contributed by atoms with Gasteiger partial charge in [0.05, 0.1) is 10.7 Å². The molecule has 0 saturated carbocycles. The Morgan fingerprint density at radius 2 is 1.78 bits per heavy atom. The second kappa shape index (κ2) is 14.8. The number of rotatable bonds is 12. The SMILES string of the molecule is C=Cc1cccc(C(C(=O)Nc2c(C)cccc2Cl)N(C(=O)C(CCSC)NC(=O)OC(C)(C)C)C(C)(C)CC)c1. The zero-order chi connectivity index (χ0) is 31.0. The highest BCUT2D eigenvalue weighted by Gasteiger charge is 2.43. The van der Waals surface area contributed by atoms with Crippen LogP contribution in [0.4, 0.5) is 10.5 Å². The van der Waals surface area contributed by atoms with Gasteiger partial charge < -0.3 is 20.3 Å². The molecule has 0 fully saturated rings. The predicted octanol–water partition coefficient (Wildman–Crippen LogP) is 7.63. The first-order valence-electron chi connectivity index (χ1n) is 13.7. The van der Waals surface area contributed by atoms with Crippen molar-refractivity contribution in [1.29, 1.82) is 0 Å². The molecule has 0 bridgehead atoms. The van der Waals surface area contributed by atoms with Crippen LogP contribution in [0.2, 0.25) is 5.02 Å². The van der Waals surface area contributed by atoms with Crippen molar-refractivity contribution in [3.63, 3.8) is 0 Å². The van der Waals surface area contributed by atoms with E-state index in [1.807, 2.05) is 70.3 Å². The van der Waals surface area contributed by atoms with Crippen molar-refractivity contribution in [2.75, 3.05) is 17.3 Å². The molecule has 0 aromatic heterocycles. The van der Waals surface area contributed by atoms with Crippen molar-refractivity contribution >= 4 is 53.0 Å². The van der Waals surface area contributed by atoms with E-state index in [-0.39, 0.29) is 5.91 Å². The van der Waals surface area contributed by atoms with E-state index in [0.717, 1.165) is 11.1 Å². The first-order valence-corrected chi connectivity index (χ1v) is 15.5. The largest absolute Gasteiger partial charge is 0.444 e. The molecule has 0 saturated heterocycles. The Kier molecular flexibility index (Phi) is 12.3. The van der Waals surface area contributed by atoms with Crippen molar-refractivity contribution in [1.82, 2.24) is 10.2 Å². The van der Waals surface area contributed by atoms with Gasteiger partial charge in [-0.3, -0.25) is 9.59 Å². The molecule has 2 aromatic carbocycles. The number of nitrogens with zero attached hydrogens (tertiary/aromatic N) is 1. The van der Waals surface area contributed by atoms with Crippen LogP contribution in [0.15, 0.2) is 49.0 Å². The van der Waals surface area contributed by atoms with Crippen LogP contribution in [0.3, 0.4) is 0 Å². The van der Waals surface area contributed by atoms with E-state index in [9.17, 15) is 14.4 Å². The number of thioether (sulfide) groups is 1. The van der Waals surface area contributed by atoms with Crippen LogP contribution in [-0.2, 0) is 14.3 Å². The number of aryl methyl sites for hydroxylation is 1. The number of anilines is 1. The molecule has 41 heavy (non-hydrogen) atoms. The molecule has 7 nitrogen and oxygen atoms in total. The lowest BCUT2D eigenvalue weighted by Crippen LogP contribution is -2.59. The summed E-state index contributed by atoms with van der Waals surface area (Å²) in [4.78, 5) is 43.2. The van der Waals surface area contributed by atoms with Gasteiger partial charge in [-0.1, -0.05) is 61.5 Å². The molecule has 2 aromatic rings. The fourth-order valence-electron chi connectivity index (χ4n) is 4.31. The van der Waals surface area contributed by atoms with Crippen LogP contribution in [0.5, 0.6) is 0 Å². The molecule has 0 heterocycles. The van der Waals surface area contributed by atoms with E-state index in [2.05, 4.69) is 17.2 Å². The molecular weight excluding hydrogens is 558 g/mol. The van der Waals surface area contributed by atoms with E-state index in [4.69, 9.17) is 16.3 Å². The van der Waals surface area contributed by atoms with Gasteiger partial charge in [0.25, 0.3) is 5.91 Å². The van der Waals surface area contributed by atoms with Crippen LogP contribution in [0.1, 0.15) is 77.1 Å². The fourth-order valence-corrected chi connectivity index (χ4v) is 5.05. The van der Waals surface area contributed by atoms with Gasteiger partial charge in [-0.25, -0.2) is 4.79 Å². The zero-order valence-electron chi connectivity index (χ0n) is 25.5. The number of nitrogens with one attached hydrogen (secondary N) is 2. The summed E-state index contributed by atoms with van der Waals surface area (Å²) in [6, 6.07) is 10.8. The Bertz CT molecular complexity index is 1220. The summed E-state index contributed by atoms with van der Waals surface area (Å²) in [7, 11) is 0. The average Bonchev–Trinajstić information content (AvgIpc) is 2.90. The van der Waals surface area contributed by atoms with Crippen molar-refractivity contribution in [3.05, 3.63) is 70.8 Å². The van der Waals surface area contributed by atoms with Crippen molar-refractivity contribution in [3.8, 4) is 0 Å². The van der Waals surface area contributed by atoms with Gasteiger partial charge in [0, 0.05) is 5.54 Å². The van der Waals surface area contributed by atoms with Gasteiger partial charge in [0.15, 0.2) is 0 Å². The number of amides is 3. The maximum absolute atomic E-state index is 14.5. The van der Waals surface area contributed by atoms with Crippen LogP contribution in [-0.4, -0.2) is 52.0 Å². The Balaban J connectivity index is 2.70. The van der Waals surface area contributed by atoms with E-state index in [1.54, 1.807) is 49.6 Å². The Morgan fingerprint density at radius 3 is 2.34 bits per heavy atom. The molecule has 9 heteroatoms. The van der Waals surface area contributed by atoms with Crippen molar-refractivity contribution in [2.24, 2.45) is 0 Å². The summed E-state index contributed by atoms with van der Waals surface area (Å²) in [5.41, 5.74) is 1.19. The highest BCUT2D eigenvalue weighted by atomic mass is 35.5. The number of carbonyl (C=O) groups excluding carboxylic acids is 3. The molecule has 2 N–H and O–H groups in total. The highest BCUT2D eigenvalue weighted by Crippen LogP contribution is 2.35. The summed E-state index contributed by atoms with van der Waals surface area (Å²) in [6.07, 6.45) is 3.86. The lowest BCUT2D eigenvalue weighted by Gasteiger charge is -2.44. The van der Waals surface area contributed by atoms with Gasteiger partial charge >= 0.3 is 6.09 Å². The van der Waals surface area contributed by atoms with Crippen LogP contribution in [0, 0.1) is 6.92 Å². The standard InChI is InChI=1S/C32H44ClN3O4S/c1-10-22-15-13-16-23(20-22)27(28(37)35-26-21(3)14-12-17-24(26)33)36(32(7,8)11-2)29(38)25(18-19-41-9)34-30(39)40-31(4,5)6/h10,12-17,20,25,27H,1,11,18-19H2,2-9H3,(H,34,39)(H,35,37). The molecule has 0 aliphatic carbocycles. The summed E-state index contributed by atoms with van der Waals surface area (Å²) in [5.74, 6) is -0.177. The highest BCUT2D eigenvalue weighted by molar-refractivity contribution is 7.98. The summed E-state index contributed by atoms with van der Waals surface area (Å²) < 4.78 is 5.49. The summed E-state index contributed by atoms with van der Waals surface area (Å²) >= 11 is 8.04. The third-order valence-corrected chi connectivity index (χ3v) is 7.75. The van der Waals surface area contributed by atoms with Crippen molar-refractivity contribution < 1.29 is 19.1 Å². The Hall–Kier alpha value is -2.97. The van der Waals surface area contributed by atoms with Crippen LogP contribution in [0.25, 0.3) is 6.08 Å². The summed E-state index contributed by atoms with van der Waals surface area (Å²) in [6.45, 7) is 16.8. The minimum atomic E-state index is -1.04. The minimum absolute atomic E-state index is 0.361. The first-order chi connectivity index (χ1) is 19.1. The number of carbonyl (C=O) groups is 3. The number of para-hydroxylation sites is 1. The number of hydrogen-bond acceptors (Lipinski definition) is 5. The molecule has 2 rings (SSSR count). The van der Waals surface area contributed by atoms with Gasteiger partial charge in [0.2, 0.25) is 5.91 Å². The number of hydrogen-bond donors (Lipinski definition) is 2. The second-order valence-corrected chi connectivity index (χ2v) is 12.9. The smallest absolute Gasteiger partial charge is 0.408 e. The monoisotopic (exact) mass is 601 g/mol. The van der Waals surface area contributed by atoms with E-state index in [0.29, 0.717) is 34.9 Å². The third-order valence-electron chi connectivity index (χ3n) is 6.79. The minimum Gasteiger partial charge on any atom is -0.444 e. The third kappa shape index (κ3) is 9.54. The molecule has 0 aliphatic heterocycles. The molecular formula is C32H44ClN3O4S. The predicted molar refractivity (Wildman–Crippen MR) is 171 cm³/mol. The number of halogens is 1. The molecule has 0 spiro atoms. The maximum Gasteiger partial charge on any atom is 0.408 e. The van der Waals surface area contributed by atoms with Crippen molar-refractivity contribution in [2.45, 2.75) is 84.5 Å². The summed E-state index contributed by atoms with van der Waals surface area (Å²) in [5, 5.41) is 6.18. The van der Waals surface area contributed by atoms with Crippen LogP contribution >= 0.6 is 23.4 Å². The number of alkyl carbamates (subject to hydrolysis) is 1. The van der Waals surface area contributed by atoms with E-state index >= 15 is 0 Å². The van der Waals surface area contributed by atoms with Gasteiger partial charge in [0.1, 0.15) is 17.7 Å². The fraction of sp³-hybridized carbons (Fsp3) is 0.469. The van der Waals surface area contributed by atoms with Crippen LogP contribution < -0.4 is 10.6 Å². The average molecular weight is 602 g/mol. The lowest BCUT2D eigenvalue weighted by atomic mass is 9.91. The molecule has 2 atom stereocenters. The number of benzene rings is 2. The van der Waals surface area contributed by atoms with Gasteiger partial charge in [-0.15, -0.1) is 0 Å². The number of ether oxygens (including phenoxy) is 1.